The van der Waals surface area contributed by atoms with Gasteiger partial charge in [-0.1, -0.05) is 111 Å². The molecule has 1 aliphatic heterocycles. The number of hydrogen-bond acceptors (Lipinski definition) is 1. The van der Waals surface area contributed by atoms with Crippen LogP contribution in [0.2, 0.25) is 0 Å². The molecule has 0 bridgehead atoms. The molecule has 5 aromatic rings. The van der Waals surface area contributed by atoms with Gasteiger partial charge in [-0.15, -0.1) is 0 Å². The second-order valence-corrected chi connectivity index (χ2v) is 12.1. The first-order chi connectivity index (χ1) is 19.6. The Morgan fingerprint density at radius 3 is 2.45 bits per heavy atom. The Morgan fingerprint density at radius 2 is 1.50 bits per heavy atom. The standard InChI is InChI=1S/C39H33N/c1-39(2)34-19-10-18-32(35-20-8-7-16-30-28-15-6-4-12-26(28)21-24-36(30)40-35)37(34)33-23-22-29-27-14-5-3-11-25(27)13-9-17-31(29)38(33)39/h3-7,10-12,14-16,18-19,21-24H,8-9,13,17,20H2,1-2H3/b16-7-,40-35+. The van der Waals surface area contributed by atoms with E-state index in [9.17, 15) is 0 Å². The number of benzene rings is 5. The van der Waals surface area contributed by atoms with E-state index in [4.69, 9.17) is 4.99 Å². The molecule has 2 aliphatic carbocycles. The van der Waals surface area contributed by atoms with Crippen molar-refractivity contribution >= 4 is 28.2 Å². The summed E-state index contributed by atoms with van der Waals surface area (Å²) in [6.45, 7) is 4.87. The number of hydrogen-bond donors (Lipinski definition) is 0. The monoisotopic (exact) mass is 515 g/mol. The summed E-state index contributed by atoms with van der Waals surface area (Å²) in [7, 11) is 0. The Balaban J connectivity index is 1.35. The van der Waals surface area contributed by atoms with Crippen molar-refractivity contribution in [3.63, 3.8) is 0 Å². The van der Waals surface area contributed by atoms with Gasteiger partial charge in [-0.2, -0.15) is 0 Å². The van der Waals surface area contributed by atoms with Gasteiger partial charge in [0.05, 0.1) is 5.69 Å². The second kappa shape index (κ2) is 8.89. The van der Waals surface area contributed by atoms with Gasteiger partial charge in [0.25, 0.3) is 0 Å². The molecule has 1 heterocycles. The summed E-state index contributed by atoms with van der Waals surface area (Å²) >= 11 is 0. The summed E-state index contributed by atoms with van der Waals surface area (Å²) in [5.74, 6) is 0. The van der Waals surface area contributed by atoms with E-state index in [1.54, 1.807) is 5.56 Å². The van der Waals surface area contributed by atoms with Gasteiger partial charge in [0.1, 0.15) is 0 Å². The van der Waals surface area contributed by atoms with Crippen LogP contribution in [0.4, 0.5) is 5.69 Å². The fourth-order valence-corrected chi connectivity index (χ4v) is 7.65. The van der Waals surface area contributed by atoms with E-state index in [0.717, 1.165) is 31.4 Å². The molecule has 0 atom stereocenters. The molecule has 0 N–H and O–H groups in total. The number of rotatable bonds is 1. The SMILES string of the molecule is CC1(C)c2cccc(/C3=N/c4ccc5ccccc5c4/C=C\CC3)c2-c2ccc3c(c21)CCCc1ccccc1-3. The second-order valence-electron chi connectivity index (χ2n) is 12.1. The summed E-state index contributed by atoms with van der Waals surface area (Å²) in [6.07, 6.45) is 10.0. The molecule has 1 nitrogen and oxygen atoms in total. The maximum absolute atomic E-state index is 5.42. The molecular weight excluding hydrogens is 482 g/mol. The first kappa shape index (κ1) is 23.6. The van der Waals surface area contributed by atoms with Gasteiger partial charge in [-0.3, -0.25) is 4.99 Å². The van der Waals surface area contributed by atoms with Crippen LogP contribution in [0.15, 0.2) is 102 Å². The van der Waals surface area contributed by atoms with Crippen molar-refractivity contribution in [3.8, 4) is 22.3 Å². The van der Waals surface area contributed by atoms with Crippen molar-refractivity contribution < 1.29 is 0 Å². The molecule has 0 fully saturated rings. The molecule has 0 unspecified atom stereocenters. The van der Waals surface area contributed by atoms with E-state index in [1.807, 2.05) is 0 Å². The molecule has 40 heavy (non-hydrogen) atoms. The van der Waals surface area contributed by atoms with E-state index in [0.29, 0.717) is 0 Å². The number of fused-ring (bicyclic) bond motifs is 10. The number of allylic oxidation sites excluding steroid dienone is 1. The van der Waals surface area contributed by atoms with Crippen LogP contribution in [-0.2, 0) is 18.3 Å². The Hall–Kier alpha value is -4.23. The lowest BCUT2D eigenvalue weighted by Crippen LogP contribution is -2.18. The molecule has 0 spiro atoms. The highest BCUT2D eigenvalue weighted by molar-refractivity contribution is 6.10. The van der Waals surface area contributed by atoms with Crippen molar-refractivity contribution in [2.45, 2.75) is 51.4 Å². The fraction of sp³-hybridized carbons (Fsp3) is 0.205. The Kier molecular flexibility index (Phi) is 5.26. The van der Waals surface area contributed by atoms with Crippen molar-refractivity contribution in [2.24, 2.45) is 4.99 Å². The quantitative estimate of drug-likeness (QED) is 0.211. The first-order valence-electron chi connectivity index (χ1n) is 14.8. The molecule has 0 radical (unpaired) electrons. The summed E-state index contributed by atoms with van der Waals surface area (Å²) < 4.78 is 0. The minimum absolute atomic E-state index is 0.0541. The number of nitrogens with zero attached hydrogens (tertiary/aromatic N) is 1. The summed E-state index contributed by atoms with van der Waals surface area (Å²) in [5, 5.41) is 2.54. The van der Waals surface area contributed by atoms with Gasteiger partial charge < -0.3 is 0 Å². The molecule has 3 aliphatic rings. The van der Waals surface area contributed by atoms with Gasteiger partial charge >= 0.3 is 0 Å². The lowest BCUT2D eigenvalue weighted by molar-refractivity contribution is 0.648. The van der Waals surface area contributed by atoms with Gasteiger partial charge in [-0.05, 0) is 93.5 Å². The molecule has 0 saturated carbocycles. The topological polar surface area (TPSA) is 12.4 Å². The normalized spacial score (nSPS) is 18.6. The van der Waals surface area contributed by atoms with Crippen molar-refractivity contribution in [1.82, 2.24) is 0 Å². The highest BCUT2D eigenvalue weighted by Crippen LogP contribution is 2.54. The lowest BCUT2D eigenvalue weighted by atomic mass is 9.77. The lowest BCUT2D eigenvalue weighted by Gasteiger charge is -2.26. The maximum atomic E-state index is 5.42. The van der Waals surface area contributed by atoms with Gasteiger partial charge in [0.15, 0.2) is 0 Å². The van der Waals surface area contributed by atoms with E-state index in [1.165, 1.54) is 73.0 Å². The van der Waals surface area contributed by atoms with Gasteiger partial charge in [0, 0.05) is 22.3 Å². The highest BCUT2D eigenvalue weighted by atomic mass is 14.8. The summed E-state index contributed by atoms with van der Waals surface area (Å²) in [4.78, 5) is 5.42. The molecule has 0 aromatic heterocycles. The first-order valence-corrected chi connectivity index (χ1v) is 14.8. The van der Waals surface area contributed by atoms with Gasteiger partial charge in [0.2, 0.25) is 0 Å². The average Bonchev–Trinajstić information content (AvgIpc) is 3.08. The van der Waals surface area contributed by atoms with E-state index in [2.05, 4.69) is 117 Å². The zero-order valence-corrected chi connectivity index (χ0v) is 23.3. The molecule has 5 aromatic carbocycles. The Labute approximate surface area is 236 Å². The Morgan fingerprint density at radius 1 is 0.675 bits per heavy atom. The van der Waals surface area contributed by atoms with Crippen LogP contribution in [-0.4, -0.2) is 5.71 Å². The average molecular weight is 516 g/mol. The largest absolute Gasteiger partial charge is 0.252 e. The molecule has 194 valence electrons. The van der Waals surface area contributed by atoms with Crippen LogP contribution in [0.25, 0.3) is 39.1 Å². The summed E-state index contributed by atoms with van der Waals surface area (Å²) in [5.41, 5.74) is 16.4. The van der Waals surface area contributed by atoms with Crippen LogP contribution >= 0.6 is 0 Å². The maximum Gasteiger partial charge on any atom is 0.0711 e. The third kappa shape index (κ3) is 3.43. The summed E-state index contributed by atoms with van der Waals surface area (Å²) in [6, 6.07) is 33.9. The van der Waals surface area contributed by atoms with E-state index >= 15 is 0 Å². The minimum atomic E-state index is -0.0541. The zero-order chi connectivity index (χ0) is 26.8. The van der Waals surface area contributed by atoms with Crippen LogP contribution in [0, 0.1) is 0 Å². The molecule has 8 rings (SSSR count). The number of aliphatic imine (C=N–C) groups is 1. The third-order valence-electron chi connectivity index (χ3n) is 9.47. The zero-order valence-electron chi connectivity index (χ0n) is 23.3. The van der Waals surface area contributed by atoms with E-state index < -0.39 is 0 Å². The van der Waals surface area contributed by atoms with Crippen LogP contribution in [0.1, 0.15) is 66.5 Å². The molecule has 0 amide bonds. The minimum Gasteiger partial charge on any atom is -0.252 e. The predicted molar refractivity (Wildman–Crippen MR) is 170 cm³/mol. The highest BCUT2D eigenvalue weighted by Gasteiger charge is 2.40. The van der Waals surface area contributed by atoms with Crippen molar-refractivity contribution in [2.75, 3.05) is 0 Å². The third-order valence-corrected chi connectivity index (χ3v) is 9.47. The van der Waals surface area contributed by atoms with Crippen LogP contribution < -0.4 is 0 Å². The van der Waals surface area contributed by atoms with Crippen molar-refractivity contribution in [1.29, 1.82) is 0 Å². The van der Waals surface area contributed by atoms with Crippen LogP contribution in [0.3, 0.4) is 0 Å². The van der Waals surface area contributed by atoms with Crippen LogP contribution in [0.5, 0.6) is 0 Å². The van der Waals surface area contributed by atoms with Gasteiger partial charge in [-0.25, -0.2) is 0 Å². The molecular formula is C39H33N. The van der Waals surface area contributed by atoms with Crippen molar-refractivity contribution in [3.05, 3.63) is 130 Å². The fourth-order valence-electron chi connectivity index (χ4n) is 7.65. The predicted octanol–water partition coefficient (Wildman–Crippen LogP) is 10.2. The number of aryl methyl sites for hydroxylation is 1. The van der Waals surface area contributed by atoms with E-state index in [-0.39, 0.29) is 5.41 Å². The molecule has 0 saturated heterocycles. The molecule has 1 heteroatoms. The smallest absolute Gasteiger partial charge is 0.0711 e. The Bertz CT molecular complexity index is 1900.